The Hall–Kier alpha value is -0.710. The number of amides is 2. The van der Waals surface area contributed by atoms with Crippen molar-refractivity contribution in [2.75, 3.05) is 24.6 Å². The van der Waals surface area contributed by atoms with E-state index >= 15 is 0 Å². The molecular weight excluding hydrogens is 332 g/mol. The smallest absolute Gasteiger partial charge is 0.232 e. The lowest BCUT2D eigenvalue weighted by Gasteiger charge is -2.32. The lowest BCUT2D eigenvalue weighted by molar-refractivity contribution is -0.130. The quantitative estimate of drug-likeness (QED) is 0.768. The Balaban J connectivity index is 1.22. The van der Waals surface area contributed by atoms with E-state index in [2.05, 4.69) is 9.80 Å². The fourth-order valence-electron chi connectivity index (χ4n) is 5.82. The molecule has 4 atom stereocenters. The van der Waals surface area contributed by atoms with Gasteiger partial charge in [-0.25, -0.2) is 0 Å². The summed E-state index contributed by atoms with van der Waals surface area (Å²) in [5, 5.41) is 0. The van der Waals surface area contributed by atoms with Crippen LogP contribution in [0.15, 0.2) is 0 Å². The molecule has 2 saturated heterocycles. The van der Waals surface area contributed by atoms with Crippen molar-refractivity contribution in [3.63, 3.8) is 0 Å². The van der Waals surface area contributed by atoms with Crippen LogP contribution in [0.3, 0.4) is 0 Å². The van der Waals surface area contributed by atoms with E-state index in [9.17, 15) is 9.59 Å². The Labute approximate surface area is 156 Å². The van der Waals surface area contributed by atoms with Gasteiger partial charge in [0.05, 0.1) is 11.5 Å². The molecule has 0 aromatic carbocycles. The van der Waals surface area contributed by atoms with Gasteiger partial charge >= 0.3 is 0 Å². The number of carbonyl (C=O) groups is 2. The third kappa shape index (κ3) is 3.72. The molecule has 4 aliphatic rings. The molecule has 2 aliphatic heterocycles. The second-order valence-electron chi connectivity index (χ2n) is 8.47. The molecule has 2 aliphatic carbocycles. The first-order valence-corrected chi connectivity index (χ1v) is 11.6. The summed E-state index contributed by atoms with van der Waals surface area (Å²) in [5.74, 6) is 3.00. The molecule has 0 radical (unpaired) electrons. The Morgan fingerprint density at radius 2 is 1.12 bits per heavy atom. The Morgan fingerprint density at radius 1 is 0.680 bits per heavy atom. The van der Waals surface area contributed by atoms with Gasteiger partial charge in [0.15, 0.2) is 0 Å². The molecule has 2 saturated carbocycles. The first kappa shape index (κ1) is 17.7. The average molecular weight is 365 g/mol. The molecule has 25 heavy (non-hydrogen) atoms. The van der Waals surface area contributed by atoms with E-state index in [1.165, 1.54) is 76.0 Å². The topological polar surface area (TPSA) is 40.6 Å². The second kappa shape index (κ2) is 7.89. The minimum absolute atomic E-state index is 0.268. The maximum atomic E-state index is 12.6. The van der Waals surface area contributed by atoms with Crippen LogP contribution in [-0.2, 0) is 9.59 Å². The van der Waals surface area contributed by atoms with Crippen LogP contribution in [0.5, 0.6) is 0 Å². The summed E-state index contributed by atoms with van der Waals surface area (Å²) in [6.07, 6.45) is 12.6. The van der Waals surface area contributed by atoms with Crippen LogP contribution in [0.4, 0.5) is 0 Å². The maximum absolute atomic E-state index is 12.6. The van der Waals surface area contributed by atoms with Gasteiger partial charge in [0.2, 0.25) is 11.8 Å². The lowest BCUT2D eigenvalue weighted by atomic mass is 9.85. The van der Waals surface area contributed by atoms with Crippen LogP contribution < -0.4 is 0 Å². The zero-order chi connectivity index (χ0) is 17.2. The van der Waals surface area contributed by atoms with Gasteiger partial charge in [-0.1, -0.05) is 25.7 Å². The number of hydrogen-bond acceptors (Lipinski definition) is 3. The second-order valence-corrected chi connectivity index (χ2v) is 9.45. The molecular formula is C20H32N2O2S. The van der Waals surface area contributed by atoms with Gasteiger partial charge in [0, 0.05) is 25.2 Å². The molecule has 0 aromatic heterocycles. The van der Waals surface area contributed by atoms with Crippen molar-refractivity contribution >= 4 is 23.6 Å². The molecule has 2 heterocycles. The summed E-state index contributed by atoms with van der Waals surface area (Å²) >= 11 is 1.54. The number of thioether (sulfide) groups is 1. The van der Waals surface area contributed by atoms with Gasteiger partial charge in [0.1, 0.15) is 0 Å². The van der Waals surface area contributed by atoms with E-state index in [0.29, 0.717) is 23.6 Å². The highest BCUT2D eigenvalue weighted by molar-refractivity contribution is 8.00. The van der Waals surface area contributed by atoms with E-state index in [1.807, 2.05) is 0 Å². The van der Waals surface area contributed by atoms with Crippen molar-refractivity contribution in [3.05, 3.63) is 0 Å². The summed E-state index contributed by atoms with van der Waals surface area (Å²) in [7, 11) is 0. The fourth-order valence-corrected chi connectivity index (χ4v) is 6.61. The largest absolute Gasteiger partial charge is 0.339 e. The van der Waals surface area contributed by atoms with Gasteiger partial charge in [-0.3, -0.25) is 9.59 Å². The zero-order valence-electron chi connectivity index (χ0n) is 15.3. The third-order valence-corrected chi connectivity index (χ3v) is 8.01. The highest BCUT2D eigenvalue weighted by Crippen LogP contribution is 2.37. The lowest BCUT2D eigenvalue weighted by Crippen LogP contribution is -2.41. The van der Waals surface area contributed by atoms with Gasteiger partial charge in [0.25, 0.3) is 0 Å². The van der Waals surface area contributed by atoms with E-state index in [1.54, 1.807) is 0 Å². The summed E-state index contributed by atoms with van der Waals surface area (Å²) in [5.41, 5.74) is 0. The van der Waals surface area contributed by atoms with Gasteiger partial charge in [-0.05, 0) is 50.4 Å². The number of carbonyl (C=O) groups excluding carboxylic acids is 2. The molecule has 4 fully saturated rings. The Bertz CT molecular complexity index is 468. The Morgan fingerprint density at radius 3 is 1.60 bits per heavy atom. The summed E-state index contributed by atoms with van der Waals surface area (Å²) in [6.45, 7) is 1.89. The van der Waals surface area contributed by atoms with Crippen LogP contribution in [0.1, 0.15) is 64.2 Å². The standard InChI is InChI=1S/C20H32N2O2S/c23-19(21-11-9-15-5-1-3-7-17(15)21)13-25-14-20(24)22-12-10-16-6-2-4-8-18(16)22/h15-18H,1-14H2/t15-,16-,17-,18-/m0/s1. The molecule has 0 N–H and O–H groups in total. The molecule has 4 nitrogen and oxygen atoms in total. The van der Waals surface area contributed by atoms with Gasteiger partial charge < -0.3 is 9.80 Å². The predicted molar refractivity (Wildman–Crippen MR) is 101 cm³/mol. The minimum atomic E-state index is 0.268. The molecule has 4 rings (SSSR count). The maximum Gasteiger partial charge on any atom is 0.232 e. The number of rotatable bonds is 4. The first-order chi connectivity index (χ1) is 12.2. The minimum Gasteiger partial charge on any atom is -0.339 e. The Kier molecular flexibility index (Phi) is 5.59. The van der Waals surface area contributed by atoms with Gasteiger partial charge in [-0.15, -0.1) is 11.8 Å². The van der Waals surface area contributed by atoms with Gasteiger partial charge in [-0.2, -0.15) is 0 Å². The molecule has 0 aromatic rings. The molecule has 0 unspecified atom stereocenters. The summed E-state index contributed by atoms with van der Waals surface area (Å²) in [4.78, 5) is 29.5. The van der Waals surface area contributed by atoms with E-state index in [0.717, 1.165) is 24.9 Å². The van der Waals surface area contributed by atoms with Crippen LogP contribution in [0.2, 0.25) is 0 Å². The molecule has 0 spiro atoms. The van der Waals surface area contributed by atoms with Crippen molar-refractivity contribution in [2.45, 2.75) is 76.3 Å². The zero-order valence-corrected chi connectivity index (χ0v) is 16.1. The van der Waals surface area contributed by atoms with E-state index < -0.39 is 0 Å². The van der Waals surface area contributed by atoms with Crippen LogP contribution in [0, 0.1) is 11.8 Å². The summed E-state index contributed by atoms with van der Waals surface area (Å²) < 4.78 is 0. The van der Waals surface area contributed by atoms with Crippen molar-refractivity contribution < 1.29 is 9.59 Å². The first-order valence-electron chi connectivity index (χ1n) is 10.4. The van der Waals surface area contributed by atoms with Crippen molar-refractivity contribution in [3.8, 4) is 0 Å². The molecule has 0 bridgehead atoms. The van der Waals surface area contributed by atoms with Crippen LogP contribution >= 0.6 is 11.8 Å². The highest BCUT2D eigenvalue weighted by Gasteiger charge is 2.39. The number of nitrogens with zero attached hydrogens (tertiary/aromatic N) is 2. The summed E-state index contributed by atoms with van der Waals surface area (Å²) in [6, 6.07) is 0.998. The normalized spacial score (nSPS) is 34.7. The SMILES string of the molecule is O=C(CSCC(=O)N1CC[C@@H]2CCCC[C@@H]21)N1CC[C@@H]2CCCC[C@@H]21. The van der Waals surface area contributed by atoms with Crippen molar-refractivity contribution in [2.24, 2.45) is 11.8 Å². The number of likely N-dealkylation sites (tertiary alicyclic amines) is 2. The predicted octanol–water partition coefficient (Wildman–Crippen LogP) is 3.30. The van der Waals surface area contributed by atoms with E-state index in [4.69, 9.17) is 0 Å². The van der Waals surface area contributed by atoms with E-state index in [-0.39, 0.29) is 11.8 Å². The monoisotopic (exact) mass is 364 g/mol. The van der Waals surface area contributed by atoms with Crippen LogP contribution in [-0.4, -0.2) is 58.3 Å². The highest BCUT2D eigenvalue weighted by atomic mass is 32.2. The van der Waals surface area contributed by atoms with Crippen LogP contribution in [0.25, 0.3) is 0 Å². The van der Waals surface area contributed by atoms with Crippen molar-refractivity contribution in [1.29, 1.82) is 0 Å². The van der Waals surface area contributed by atoms with Crippen molar-refractivity contribution in [1.82, 2.24) is 9.80 Å². The average Bonchev–Trinajstić information content (AvgIpc) is 3.26. The number of hydrogen-bond donors (Lipinski definition) is 0. The number of fused-ring (bicyclic) bond motifs is 2. The molecule has 5 heteroatoms. The fraction of sp³-hybridized carbons (Fsp3) is 0.900. The molecule has 140 valence electrons. The molecule has 2 amide bonds. The third-order valence-electron chi connectivity index (χ3n) is 7.11.